The summed E-state index contributed by atoms with van der Waals surface area (Å²) >= 11 is 0. The molecule has 0 unspecified atom stereocenters. The van der Waals surface area contributed by atoms with Crippen LogP contribution in [0.4, 0.5) is 0 Å². The van der Waals surface area contributed by atoms with Gasteiger partial charge >= 0.3 is 0 Å². The zero-order valence-corrected chi connectivity index (χ0v) is 10.8. The molecule has 1 aromatic carbocycles. The van der Waals surface area contributed by atoms with Gasteiger partial charge in [-0.05, 0) is 29.9 Å². The molecule has 0 saturated heterocycles. The van der Waals surface area contributed by atoms with E-state index in [2.05, 4.69) is 38.1 Å². The molecule has 0 bridgehead atoms. The maximum absolute atomic E-state index is 8.72. The van der Waals surface area contributed by atoms with Gasteiger partial charge in [-0.2, -0.15) is 0 Å². The van der Waals surface area contributed by atoms with E-state index < -0.39 is 0 Å². The lowest BCUT2D eigenvalue weighted by molar-refractivity contribution is 0.280. The first-order valence-corrected chi connectivity index (χ1v) is 5.61. The highest BCUT2D eigenvalue weighted by Gasteiger charge is 2.06. The summed E-state index contributed by atoms with van der Waals surface area (Å²) in [5.41, 5.74) is 8.50. The van der Waals surface area contributed by atoms with Crippen LogP contribution < -0.4 is 5.73 Å². The van der Waals surface area contributed by atoms with Crippen LogP contribution in [-0.4, -0.2) is 11.7 Å². The van der Waals surface area contributed by atoms with Crippen molar-refractivity contribution in [3.63, 3.8) is 0 Å². The summed E-state index contributed by atoms with van der Waals surface area (Å²) in [6.45, 7) is 4.58. The van der Waals surface area contributed by atoms with Gasteiger partial charge in [-0.1, -0.05) is 38.1 Å². The maximum atomic E-state index is 8.72. The van der Waals surface area contributed by atoms with E-state index in [-0.39, 0.29) is 25.1 Å². The van der Waals surface area contributed by atoms with E-state index in [9.17, 15) is 0 Å². The number of rotatable bonds is 5. The third-order valence-electron chi connectivity index (χ3n) is 2.70. The molecule has 0 radical (unpaired) electrons. The summed E-state index contributed by atoms with van der Waals surface area (Å²) in [7, 11) is 0. The van der Waals surface area contributed by atoms with Crippen LogP contribution in [0, 0.1) is 0 Å². The zero-order chi connectivity index (χ0) is 11.3. The molecular formula is C13H22ClNO. The first kappa shape index (κ1) is 15.4. The predicted octanol–water partition coefficient (Wildman–Crippen LogP) is 3.00. The van der Waals surface area contributed by atoms with Crippen LogP contribution in [0.2, 0.25) is 0 Å². The minimum absolute atomic E-state index is 0. The standard InChI is InChI=1S/C13H21NO.ClH/c1-10(2)11-5-7-12(8-6-11)13(14)4-3-9-15;/h5-8,10,13,15H,3-4,9,14H2,1-2H3;1H/t13-;/m1./s1. The molecule has 3 heteroatoms. The number of aliphatic hydroxyl groups excluding tert-OH is 1. The van der Waals surface area contributed by atoms with Gasteiger partial charge < -0.3 is 10.8 Å². The highest BCUT2D eigenvalue weighted by molar-refractivity contribution is 5.85. The van der Waals surface area contributed by atoms with Gasteiger partial charge in [0.15, 0.2) is 0 Å². The second-order valence-corrected chi connectivity index (χ2v) is 4.29. The largest absolute Gasteiger partial charge is 0.396 e. The normalized spacial score (nSPS) is 12.3. The summed E-state index contributed by atoms with van der Waals surface area (Å²) in [6, 6.07) is 8.52. The third kappa shape index (κ3) is 4.52. The van der Waals surface area contributed by atoms with Crippen LogP contribution in [0.3, 0.4) is 0 Å². The van der Waals surface area contributed by atoms with Gasteiger partial charge in [-0.3, -0.25) is 0 Å². The monoisotopic (exact) mass is 243 g/mol. The number of benzene rings is 1. The van der Waals surface area contributed by atoms with Crippen LogP contribution in [0.15, 0.2) is 24.3 Å². The Labute approximate surface area is 104 Å². The van der Waals surface area contributed by atoms with E-state index in [1.54, 1.807) is 0 Å². The van der Waals surface area contributed by atoms with Gasteiger partial charge in [0.1, 0.15) is 0 Å². The third-order valence-corrected chi connectivity index (χ3v) is 2.70. The van der Waals surface area contributed by atoms with E-state index in [1.165, 1.54) is 5.56 Å². The molecule has 0 aromatic heterocycles. The SMILES string of the molecule is CC(C)c1ccc([C@H](N)CCCO)cc1.Cl. The molecule has 92 valence electrons. The molecule has 1 rings (SSSR count). The zero-order valence-electron chi connectivity index (χ0n) is 10.0. The Kier molecular flexibility index (Phi) is 7.39. The van der Waals surface area contributed by atoms with Crippen molar-refractivity contribution in [3.8, 4) is 0 Å². The van der Waals surface area contributed by atoms with Crippen molar-refractivity contribution in [1.82, 2.24) is 0 Å². The molecule has 0 aliphatic heterocycles. The summed E-state index contributed by atoms with van der Waals surface area (Å²) in [5.74, 6) is 0.563. The van der Waals surface area contributed by atoms with Gasteiger partial charge in [-0.25, -0.2) is 0 Å². The van der Waals surface area contributed by atoms with Crippen LogP contribution in [-0.2, 0) is 0 Å². The molecule has 0 spiro atoms. The second kappa shape index (κ2) is 7.66. The highest BCUT2D eigenvalue weighted by Crippen LogP contribution is 2.19. The Hall–Kier alpha value is -0.570. The molecule has 0 heterocycles. The number of hydrogen-bond donors (Lipinski definition) is 2. The molecule has 3 N–H and O–H groups in total. The quantitative estimate of drug-likeness (QED) is 0.835. The average molecular weight is 244 g/mol. The van der Waals surface area contributed by atoms with Gasteiger partial charge in [0, 0.05) is 12.6 Å². The summed E-state index contributed by atoms with van der Waals surface area (Å²) < 4.78 is 0. The van der Waals surface area contributed by atoms with Gasteiger partial charge in [0.05, 0.1) is 0 Å². The first-order chi connectivity index (χ1) is 7.15. The van der Waals surface area contributed by atoms with Crippen molar-refractivity contribution in [2.24, 2.45) is 5.73 Å². The van der Waals surface area contributed by atoms with Crippen molar-refractivity contribution in [3.05, 3.63) is 35.4 Å². The first-order valence-electron chi connectivity index (χ1n) is 5.61. The molecule has 2 nitrogen and oxygen atoms in total. The Morgan fingerprint density at radius 2 is 1.62 bits per heavy atom. The molecule has 0 aliphatic rings. The van der Waals surface area contributed by atoms with Gasteiger partial charge in [-0.15, -0.1) is 12.4 Å². The lowest BCUT2D eigenvalue weighted by atomic mass is 9.97. The Morgan fingerprint density at radius 3 is 2.06 bits per heavy atom. The maximum Gasteiger partial charge on any atom is 0.0431 e. The number of nitrogens with two attached hydrogens (primary N) is 1. The minimum atomic E-state index is 0. The number of aliphatic hydroxyl groups is 1. The predicted molar refractivity (Wildman–Crippen MR) is 71.0 cm³/mol. The smallest absolute Gasteiger partial charge is 0.0431 e. The average Bonchev–Trinajstić information content (AvgIpc) is 2.26. The van der Waals surface area contributed by atoms with E-state index in [0.29, 0.717) is 5.92 Å². The molecular weight excluding hydrogens is 222 g/mol. The lowest BCUT2D eigenvalue weighted by Crippen LogP contribution is -2.10. The van der Waals surface area contributed by atoms with Crippen molar-refractivity contribution in [2.45, 2.75) is 38.6 Å². The minimum Gasteiger partial charge on any atom is -0.396 e. The molecule has 1 atom stereocenters. The fourth-order valence-electron chi connectivity index (χ4n) is 1.61. The van der Waals surface area contributed by atoms with Crippen molar-refractivity contribution < 1.29 is 5.11 Å². The van der Waals surface area contributed by atoms with Crippen molar-refractivity contribution >= 4 is 12.4 Å². The number of halogens is 1. The van der Waals surface area contributed by atoms with Crippen LogP contribution in [0.1, 0.15) is 49.8 Å². The lowest BCUT2D eigenvalue weighted by Gasteiger charge is -2.12. The summed E-state index contributed by atoms with van der Waals surface area (Å²) in [5, 5.41) is 8.72. The molecule has 0 fully saturated rings. The van der Waals surface area contributed by atoms with Crippen LogP contribution in [0.5, 0.6) is 0 Å². The Balaban J connectivity index is 0.00000225. The molecule has 1 aromatic rings. The van der Waals surface area contributed by atoms with E-state index >= 15 is 0 Å². The second-order valence-electron chi connectivity index (χ2n) is 4.29. The fraction of sp³-hybridized carbons (Fsp3) is 0.538. The summed E-state index contributed by atoms with van der Waals surface area (Å²) in [6.07, 6.45) is 1.62. The highest BCUT2D eigenvalue weighted by atomic mass is 35.5. The van der Waals surface area contributed by atoms with Crippen molar-refractivity contribution in [2.75, 3.05) is 6.61 Å². The molecule has 0 saturated carbocycles. The van der Waals surface area contributed by atoms with Crippen LogP contribution in [0.25, 0.3) is 0 Å². The fourth-order valence-corrected chi connectivity index (χ4v) is 1.61. The number of hydrogen-bond acceptors (Lipinski definition) is 2. The molecule has 0 amide bonds. The summed E-state index contributed by atoms with van der Waals surface area (Å²) in [4.78, 5) is 0. The van der Waals surface area contributed by atoms with Crippen LogP contribution >= 0.6 is 12.4 Å². The van der Waals surface area contributed by atoms with Crippen molar-refractivity contribution in [1.29, 1.82) is 0 Å². The molecule has 16 heavy (non-hydrogen) atoms. The Morgan fingerprint density at radius 1 is 1.12 bits per heavy atom. The molecule has 0 aliphatic carbocycles. The van der Waals surface area contributed by atoms with Gasteiger partial charge in [0.2, 0.25) is 0 Å². The van der Waals surface area contributed by atoms with Gasteiger partial charge in [0.25, 0.3) is 0 Å². The Bertz CT molecular complexity index is 284. The van der Waals surface area contributed by atoms with E-state index in [0.717, 1.165) is 18.4 Å². The van der Waals surface area contributed by atoms with E-state index in [4.69, 9.17) is 10.8 Å². The topological polar surface area (TPSA) is 46.2 Å². The van der Waals surface area contributed by atoms with E-state index in [1.807, 2.05) is 0 Å².